The third-order valence-electron chi connectivity index (χ3n) is 12.1. The lowest BCUT2D eigenvalue weighted by Gasteiger charge is -2.24. The van der Waals surface area contributed by atoms with Gasteiger partial charge in [-0.05, 0) is 96.6 Å². The molecule has 0 N–H and O–H groups in total. The van der Waals surface area contributed by atoms with E-state index < -0.39 is 0 Å². The van der Waals surface area contributed by atoms with Gasteiger partial charge in [-0.1, -0.05) is 166 Å². The molecule has 0 amide bonds. The van der Waals surface area contributed by atoms with Gasteiger partial charge in [0.25, 0.3) is 0 Å². The first-order valence-corrected chi connectivity index (χ1v) is 21.2. The van der Waals surface area contributed by atoms with Crippen LogP contribution < -0.4 is 0 Å². The van der Waals surface area contributed by atoms with Crippen LogP contribution in [0.15, 0.2) is 152 Å². The van der Waals surface area contributed by atoms with Gasteiger partial charge >= 0.3 is 0 Å². The third-order valence-corrected chi connectivity index (χ3v) is 14.9. The summed E-state index contributed by atoms with van der Waals surface area (Å²) >= 11 is 3.87. The molecule has 0 aliphatic heterocycles. The van der Waals surface area contributed by atoms with Crippen LogP contribution in [0.25, 0.3) is 106 Å². The summed E-state index contributed by atoms with van der Waals surface area (Å²) < 4.78 is 5.47. The van der Waals surface area contributed by atoms with Crippen LogP contribution in [0.4, 0.5) is 0 Å². The highest BCUT2D eigenvalue weighted by Gasteiger charge is 2.24. The Morgan fingerprint density at radius 3 is 1.34 bits per heavy atom. The number of fused-ring (bicyclic) bond motifs is 9. The molecule has 0 saturated heterocycles. The highest BCUT2D eigenvalue weighted by molar-refractivity contribution is 7.27. The lowest BCUT2D eigenvalue weighted by atomic mass is 9.80. The average molecular weight is 753 g/mol. The van der Waals surface area contributed by atoms with Crippen molar-refractivity contribution in [3.63, 3.8) is 0 Å². The van der Waals surface area contributed by atoms with Gasteiger partial charge in [0.15, 0.2) is 0 Å². The maximum absolute atomic E-state index is 2.50. The molecule has 56 heavy (non-hydrogen) atoms. The van der Waals surface area contributed by atoms with Gasteiger partial charge in [-0.2, -0.15) is 0 Å². The van der Waals surface area contributed by atoms with Crippen molar-refractivity contribution in [2.24, 2.45) is 0 Å². The lowest BCUT2D eigenvalue weighted by molar-refractivity contribution is 0.591. The topological polar surface area (TPSA) is 0 Å². The molecule has 0 bridgehead atoms. The van der Waals surface area contributed by atoms with E-state index in [0.29, 0.717) is 0 Å². The number of aryl methyl sites for hydroxylation is 2. The lowest BCUT2D eigenvalue weighted by Crippen LogP contribution is -2.10. The van der Waals surface area contributed by atoms with Crippen LogP contribution in [0.5, 0.6) is 0 Å². The number of hydrogen-bond acceptors (Lipinski definition) is 2. The molecular formula is C54H40S2. The first kappa shape index (κ1) is 33.5. The Labute approximate surface area is 335 Å². The van der Waals surface area contributed by atoms with Gasteiger partial charge in [0.2, 0.25) is 0 Å². The molecule has 11 aromatic rings. The minimum atomic E-state index is -0.00149. The molecule has 0 spiro atoms. The zero-order valence-corrected chi connectivity index (χ0v) is 33.9. The molecule has 2 aromatic heterocycles. The van der Waals surface area contributed by atoms with Gasteiger partial charge in [0.05, 0.1) is 0 Å². The summed E-state index contributed by atoms with van der Waals surface area (Å²) in [5.74, 6) is 0. The van der Waals surface area contributed by atoms with Crippen molar-refractivity contribution in [2.45, 2.75) is 40.0 Å². The zero-order valence-electron chi connectivity index (χ0n) is 32.3. The van der Waals surface area contributed by atoms with Crippen LogP contribution in [-0.4, -0.2) is 0 Å². The maximum Gasteiger partial charge on any atom is 0.0434 e. The fourth-order valence-electron chi connectivity index (χ4n) is 9.31. The van der Waals surface area contributed by atoms with Crippen LogP contribution in [-0.2, 0) is 5.41 Å². The van der Waals surface area contributed by atoms with Gasteiger partial charge in [-0.3, -0.25) is 0 Å². The SMILES string of the molecule is Cc1cccc2c1sc1c(-c3ccc(-c4c5ccccc5c(-c5cccc6c5sc5c(C)cccc56)c5cc(C(C)(C)C)ccc45)c4ccccc34)cccc12. The standard InChI is InChI=1S/C54H40S2/c1-31-14-10-20-42-44-23-12-22-41(52(44)55-50(31)42)36-28-29-39(35-17-7-6-16-34(35)36)48-37-18-8-9-19-38(37)49(47-30-33(54(3,4)5)26-27-40(47)48)46-25-13-24-45-43-21-11-15-32(2)51(43)56-53(45)46/h6-30H,1-5H3. The first-order chi connectivity index (χ1) is 27.3. The van der Waals surface area contributed by atoms with Gasteiger partial charge in [0, 0.05) is 51.5 Å². The normalized spacial score (nSPS) is 12.4. The van der Waals surface area contributed by atoms with E-state index in [-0.39, 0.29) is 5.41 Å². The Morgan fingerprint density at radius 2 is 0.750 bits per heavy atom. The second-order valence-corrected chi connectivity index (χ2v) is 18.5. The van der Waals surface area contributed by atoms with Gasteiger partial charge in [-0.15, -0.1) is 22.7 Å². The molecule has 0 aliphatic carbocycles. The smallest absolute Gasteiger partial charge is 0.0434 e. The third kappa shape index (κ3) is 4.89. The van der Waals surface area contributed by atoms with E-state index in [1.54, 1.807) is 0 Å². The predicted molar refractivity (Wildman–Crippen MR) is 249 cm³/mol. The van der Waals surface area contributed by atoms with Crippen molar-refractivity contribution in [1.29, 1.82) is 0 Å². The molecule has 0 radical (unpaired) electrons. The van der Waals surface area contributed by atoms with Crippen molar-refractivity contribution in [2.75, 3.05) is 0 Å². The first-order valence-electron chi connectivity index (χ1n) is 19.6. The van der Waals surface area contributed by atoms with Crippen molar-refractivity contribution in [1.82, 2.24) is 0 Å². The largest absolute Gasteiger partial charge is 0.134 e. The van der Waals surface area contributed by atoms with Crippen molar-refractivity contribution in [3.05, 3.63) is 168 Å². The Balaban J connectivity index is 1.24. The van der Waals surface area contributed by atoms with Crippen molar-refractivity contribution < 1.29 is 0 Å². The maximum atomic E-state index is 2.50. The van der Waals surface area contributed by atoms with E-state index in [1.807, 2.05) is 22.7 Å². The number of rotatable bonds is 3. The summed E-state index contributed by atoms with van der Waals surface area (Å²) in [5, 5.41) is 13.1. The fraction of sp³-hybridized carbons (Fsp3) is 0.111. The monoisotopic (exact) mass is 752 g/mol. The van der Waals surface area contributed by atoms with E-state index in [2.05, 4.69) is 186 Å². The molecule has 9 aromatic carbocycles. The Bertz CT molecular complexity index is 3420. The summed E-state index contributed by atoms with van der Waals surface area (Å²) in [4.78, 5) is 0. The average Bonchev–Trinajstić information content (AvgIpc) is 3.80. The predicted octanol–water partition coefficient (Wildman–Crippen LogP) is 16.8. The van der Waals surface area contributed by atoms with Gasteiger partial charge in [0.1, 0.15) is 0 Å². The van der Waals surface area contributed by atoms with Gasteiger partial charge < -0.3 is 0 Å². The van der Waals surface area contributed by atoms with E-state index in [1.165, 1.54) is 123 Å². The molecule has 11 rings (SSSR count). The minimum absolute atomic E-state index is 0.00149. The molecule has 0 fully saturated rings. The van der Waals surface area contributed by atoms with E-state index in [0.717, 1.165) is 0 Å². The molecule has 268 valence electrons. The fourth-order valence-corrected chi connectivity index (χ4v) is 11.9. The molecule has 2 heteroatoms. The summed E-state index contributed by atoms with van der Waals surface area (Å²) in [6, 6.07) is 57.5. The van der Waals surface area contributed by atoms with Crippen molar-refractivity contribution >= 4 is 95.3 Å². The van der Waals surface area contributed by atoms with Crippen molar-refractivity contribution in [3.8, 4) is 33.4 Å². The summed E-state index contributed by atoms with van der Waals surface area (Å²) in [6.45, 7) is 11.5. The van der Waals surface area contributed by atoms with Crippen LogP contribution in [0.2, 0.25) is 0 Å². The summed E-state index contributed by atoms with van der Waals surface area (Å²) in [7, 11) is 0. The van der Waals surface area contributed by atoms with Crippen LogP contribution in [0, 0.1) is 13.8 Å². The highest BCUT2D eigenvalue weighted by Crippen LogP contribution is 2.51. The van der Waals surface area contributed by atoms with Crippen LogP contribution in [0.3, 0.4) is 0 Å². The summed E-state index contributed by atoms with van der Waals surface area (Å²) in [5.41, 5.74) is 11.8. The summed E-state index contributed by atoms with van der Waals surface area (Å²) in [6.07, 6.45) is 0. The Kier molecular flexibility index (Phi) is 7.40. The number of benzene rings is 9. The van der Waals surface area contributed by atoms with E-state index >= 15 is 0 Å². The molecule has 2 heterocycles. The number of thiophene rings is 2. The minimum Gasteiger partial charge on any atom is -0.134 e. The molecule has 0 saturated carbocycles. The number of hydrogen-bond donors (Lipinski definition) is 0. The Morgan fingerprint density at radius 1 is 0.321 bits per heavy atom. The molecule has 0 nitrogen and oxygen atoms in total. The zero-order chi connectivity index (χ0) is 37.9. The van der Waals surface area contributed by atoms with Crippen LogP contribution in [0.1, 0.15) is 37.5 Å². The highest BCUT2D eigenvalue weighted by atomic mass is 32.1. The quantitative estimate of drug-likeness (QED) is 0.158. The van der Waals surface area contributed by atoms with Crippen LogP contribution >= 0.6 is 22.7 Å². The molecule has 0 unspecified atom stereocenters. The Hall–Kier alpha value is -5.80. The van der Waals surface area contributed by atoms with E-state index in [4.69, 9.17) is 0 Å². The second kappa shape index (κ2) is 12.4. The second-order valence-electron chi connectivity index (χ2n) is 16.5. The molecule has 0 atom stereocenters. The molecule has 0 aliphatic rings. The van der Waals surface area contributed by atoms with Gasteiger partial charge in [-0.25, -0.2) is 0 Å². The molecular weight excluding hydrogens is 713 g/mol. The van der Waals surface area contributed by atoms with E-state index in [9.17, 15) is 0 Å².